The van der Waals surface area contributed by atoms with Gasteiger partial charge < -0.3 is 14.7 Å². The highest BCUT2D eigenvalue weighted by Crippen LogP contribution is 2.30. The molecule has 11 heteroatoms. The first kappa shape index (κ1) is 25.1. The fourth-order valence-corrected chi connectivity index (χ4v) is 3.82. The third-order valence-electron chi connectivity index (χ3n) is 5.45. The second-order valence-corrected chi connectivity index (χ2v) is 7.74. The van der Waals surface area contributed by atoms with Crippen molar-refractivity contribution in [3.05, 3.63) is 59.3 Å². The average molecular weight is 479 g/mol. The normalized spacial score (nSPS) is 13.4. The maximum Gasteiger partial charge on any atom is 0.417 e. The number of halogens is 4. The van der Waals surface area contributed by atoms with Crippen molar-refractivity contribution >= 4 is 11.7 Å². The fourth-order valence-electron chi connectivity index (χ4n) is 3.82. The van der Waals surface area contributed by atoms with E-state index in [1.54, 1.807) is 25.7 Å². The number of nitrogens with zero attached hydrogens (tertiary/aromatic N) is 4. The number of likely N-dealkylation sites (N-methyl/N-ethyl adjacent to an activating group) is 1. The van der Waals surface area contributed by atoms with Gasteiger partial charge in [-0.1, -0.05) is 18.1 Å². The number of nitrogens with one attached hydrogen (secondary N) is 1. The van der Waals surface area contributed by atoms with Gasteiger partial charge in [-0.3, -0.25) is 4.79 Å². The van der Waals surface area contributed by atoms with E-state index in [0.29, 0.717) is 18.8 Å². The minimum absolute atomic E-state index is 0.0730. The molecule has 0 saturated heterocycles. The number of hydrogen-bond acceptors (Lipinski definition) is 6. The number of alkyl halides is 3. The number of rotatable bonds is 8. The minimum Gasteiger partial charge on any atom is -0.366 e. The topological polar surface area (TPSA) is 84.2 Å². The lowest BCUT2D eigenvalue weighted by Crippen LogP contribution is -2.48. The summed E-state index contributed by atoms with van der Waals surface area (Å²) in [6.07, 6.45) is -3.20. The van der Waals surface area contributed by atoms with Crippen LogP contribution in [0.15, 0.2) is 41.1 Å². The average Bonchev–Trinajstić information content (AvgIpc) is 3.22. The first-order valence-corrected chi connectivity index (χ1v) is 10.8. The molecule has 3 aromatic rings. The van der Waals surface area contributed by atoms with Crippen molar-refractivity contribution in [1.29, 1.82) is 0 Å². The zero-order valence-corrected chi connectivity index (χ0v) is 19.2. The lowest BCUT2D eigenvalue weighted by molar-refractivity contribution is -0.137. The van der Waals surface area contributed by atoms with E-state index in [2.05, 4.69) is 20.4 Å². The van der Waals surface area contributed by atoms with Gasteiger partial charge in [-0.2, -0.15) is 18.2 Å². The van der Waals surface area contributed by atoms with Crippen LogP contribution in [0.25, 0.3) is 11.5 Å². The van der Waals surface area contributed by atoms with Gasteiger partial charge in [0.05, 0.1) is 22.7 Å². The van der Waals surface area contributed by atoms with Crippen LogP contribution >= 0.6 is 0 Å². The lowest BCUT2D eigenvalue weighted by atomic mass is 10.0. The highest BCUT2D eigenvalue weighted by Gasteiger charge is 2.32. The molecule has 0 bridgehead atoms. The van der Waals surface area contributed by atoms with Crippen molar-refractivity contribution in [2.45, 2.75) is 52.4 Å². The van der Waals surface area contributed by atoms with Crippen molar-refractivity contribution in [2.75, 3.05) is 11.9 Å². The van der Waals surface area contributed by atoms with Crippen LogP contribution in [0, 0.1) is 12.7 Å². The van der Waals surface area contributed by atoms with Gasteiger partial charge in [0, 0.05) is 18.8 Å². The number of pyridine rings is 1. The van der Waals surface area contributed by atoms with Crippen LogP contribution in [0.1, 0.15) is 48.9 Å². The Morgan fingerprint density at radius 2 is 1.94 bits per heavy atom. The monoisotopic (exact) mass is 479 g/mol. The zero-order chi connectivity index (χ0) is 25.0. The molecule has 2 aromatic heterocycles. The molecule has 0 aliphatic heterocycles. The molecule has 182 valence electrons. The van der Waals surface area contributed by atoms with Crippen LogP contribution in [0.3, 0.4) is 0 Å². The Morgan fingerprint density at radius 3 is 2.47 bits per heavy atom. The van der Waals surface area contributed by atoms with Crippen molar-refractivity contribution in [3.63, 3.8) is 0 Å². The molecular formula is C23H25F4N5O2. The van der Waals surface area contributed by atoms with Crippen molar-refractivity contribution < 1.29 is 26.9 Å². The SMILES string of the molecule is CCC(C(C)Nc1ccc(C(F)(F)F)cn1)N(CC)C(=O)c1cccc(F)c1-c1nc(C)no1. The van der Waals surface area contributed by atoms with Crippen LogP contribution < -0.4 is 5.32 Å². The summed E-state index contributed by atoms with van der Waals surface area (Å²) >= 11 is 0. The smallest absolute Gasteiger partial charge is 0.366 e. The Morgan fingerprint density at radius 1 is 1.21 bits per heavy atom. The molecule has 1 aromatic carbocycles. The Bertz CT molecular complexity index is 1130. The van der Waals surface area contributed by atoms with Gasteiger partial charge in [0.25, 0.3) is 11.8 Å². The maximum atomic E-state index is 14.7. The molecule has 0 aliphatic carbocycles. The van der Waals surface area contributed by atoms with E-state index in [1.807, 2.05) is 6.92 Å². The second-order valence-electron chi connectivity index (χ2n) is 7.74. The largest absolute Gasteiger partial charge is 0.417 e. The summed E-state index contributed by atoms with van der Waals surface area (Å²) in [7, 11) is 0. The molecule has 0 spiro atoms. The van der Waals surface area contributed by atoms with Gasteiger partial charge in [-0.15, -0.1) is 0 Å². The van der Waals surface area contributed by atoms with E-state index in [4.69, 9.17) is 4.52 Å². The van der Waals surface area contributed by atoms with E-state index in [9.17, 15) is 22.4 Å². The van der Waals surface area contributed by atoms with Crippen molar-refractivity contribution in [3.8, 4) is 11.5 Å². The fraction of sp³-hybridized carbons (Fsp3) is 0.391. The highest BCUT2D eigenvalue weighted by atomic mass is 19.4. The molecule has 0 radical (unpaired) electrons. The summed E-state index contributed by atoms with van der Waals surface area (Å²) < 4.78 is 58.2. The third-order valence-corrected chi connectivity index (χ3v) is 5.45. The van der Waals surface area contributed by atoms with Crippen molar-refractivity contribution in [2.24, 2.45) is 0 Å². The van der Waals surface area contributed by atoms with Crippen LogP contribution in [0.4, 0.5) is 23.4 Å². The molecule has 34 heavy (non-hydrogen) atoms. The first-order chi connectivity index (χ1) is 16.1. The Balaban J connectivity index is 1.87. The molecule has 1 N–H and O–H groups in total. The summed E-state index contributed by atoms with van der Waals surface area (Å²) in [5.41, 5.74) is -0.853. The van der Waals surface area contributed by atoms with Gasteiger partial charge in [0.1, 0.15) is 11.6 Å². The molecule has 3 rings (SSSR count). The van der Waals surface area contributed by atoms with E-state index in [-0.39, 0.29) is 34.9 Å². The summed E-state index contributed by atoms with van der Waals surface area (Å²) in [6, 6.07) is 5.56. The van der Waals surface area contributed by atoms with Crippen LogP contribution in [-0.2, 0) is 6.18 Å². The molecule has 1 amide bonds. The molecule has 2 unspecified atom stereocenters. The predicted molar refractivity (Wildman–Crippen MR) is 118 cm³/mol. The number of aromatic nitrogens is 3. The Hall–Kier alpha value is -3.50. The van der Waals surface area contributed by atoms with E-state index in [1.165, 1.54) is 24.3 Å². The third kappa shape index (κ3) is 5.35. The van der Waals surface area contributed by atoms with Gasteiger partial charge in [-0.05, 0) is 51.5 Å². The molecule has 2 heterocycles. The summed E-state index contributed by atoms with van der Waals surface area (Å²) in [4.78, 5) is 23.0. The lowest BCUT2D eigenvalue weighted by Gasteiger charge is -2.35. The van der Waals surface area contributed by atoms with Gasteiger partial charge in [0.2, 0.25) is 0 Å². The number of benzene rings is 1. The van der Waals surface area contributed by atoms with Crippen LogP contribution in [-0.4, -0.2) is 44.6 Å². The minimum atomic E-state index is -4.48. The Labute approximate surface area is 194 Å². The number of amides is 1. The van der Waals surface area contributed by atoms with E-state index in [0.717, 1.165) is 12.3 Å². The van der Waals surface area contributed by atoms with Crippen LogP contribution in [0.2, 0.25) is 0 Å². The molecule has 0 aliphatic rings. The highest BCUT2D eigenvalue weighted by molar-refractivity contribution is 6.00. The summed E-state index contributed by atoms with van der Waals surface area (Å²) in [5.74, 6) is -0.650. The molecule has 7 nitrogen and oxygen atoms in total. The van der Waals surface area contributed by atoms with Crippen molar-refractivity contribution in [1.82, 2.24) is 20.0 Å². The number of anilines is 1. The van der Waals surface area contributed by atoms with Gasteiger partial charge >= 0.3 is 6.18 Å². The Kier molecular flexibility index (Phi) is 7.53. The first-order valence-electron chi connectivity index (χ1n) is 10.8. The molecule has 2 atom stereocenters. The number of carbonyl (C=O) groups is 1. The zero-order valence-electron chi connectivity index (χ0n) is 19.2. The van der Waals surface area contributed by atoms with E-state index >= 15 is 0 Å². The number of aryl methyl sites for hydroxylation is 1. The predicted octanol–water partition coefficient (Wildman–Crippen LogP) is 5.34. The standard InChI is InChI=1S/C23H25F4N5O2/c1-5-18(13(3)29-19-11-10-15(12-28-19)23(25,26)27)32(6-2)22(33)16-8-7-9-17(24)20(16)21-30-14(4)31-34-21/h7-13,18H,5-6H2,1-4H3,(H,28,29). The second kappa shape index (κ2) is 10.2. The van der Waals surface area contributed by atoms with E-state index < -0.39 is 23.5 Å². The quantitative estimate of drug-likeness (QED) is 0.439. The summed E-state index contributed by atoms with van der Waals surface area (Å²) in [5, 5.41) is 6.75. The van der Waals surface area contributed by atoms with Gasteiger partial charge in [-0.25, -0.2) is 9.37 Å². The van der Waals surface area contributed by atoms with Gasteiger partial charge in [0.15, 0.2) is 5.82 Å². The number of hydrogen-bond donors (Lipinski definition) is 1. The van der Waals surface area contributed by atoms with Crippen LogP contribution in [0.5, 0.6) is 0 Å². The summed E-state index contributed by atoms with van der Waals surface area (Å²) in [6.45, 7) is 7.37. The molecule has 0 saturated carbocycles. The molecule has 0 fully saturated rings. The maximum absolute atomic E-state index is 14.7. The molecular weight excluding hydrogens is 454 g/mol. The number of carbonyl (C=O) groups excluding carboxylic acids is 1.